The van der Waals surface area contributed by atoms with E-state index in [0.29, 0.717) is 11.1 Å². The van der Waals surface area contributed by atoms with Crippen LogP contribution in [-0.2, 0) is 6.18 Å². The molecule has 1 aromatic carbocycles. The molecule has 0 atom stereocenters. The highest BCUT2D eigenvalue weighted by atomic mass is 79.9. The summed E-state index contributed by atoms with van der Waals surface area (Å²) in [5.41, 5.74) is 0.861. The fourth-order valence-electron chi connectivity index (χ4n) is 1.67. The molecular formula is C13H16BrF3. The average molecular weight is 309 g/mol. The van der Waals surface area contributed by atoms with Crippen molar-refractivity contribution in [2.45, 2.75) is 45.7 Å². The van der Waals surface area contributed by atoms with Crippen LogP contribution in [-0.4, -0.2) is 0 Å². The third-order valence-corrected chi connectivity index (χ3v) is 3.62. The molecule has 0 nitrogen and oxygen atoms in total. The third-order valence-electron chi connectivity index (χ3n) is 2.70. The van der Waals surface area contributed by atoms with Gasteiger partial charge < -0.3 is 0 Å². The van der Waals surface area contributed by atoms with Crippen molar-refractivity contribution in [3.63, 3.8) is 0 Å². The van der Waals surface area contributed by atoms with Crippen molar-refractivity contribution in [1.82, 2.24) is 0 Å². The lowest BCUT2D eigenvalue weighted by atomic mass is 9.93. The molecule has 0 unspecified atom stereocenters. The van der Waals surface area contributed by atoms with Gasteiger partial charge in [0, 0.05) is 4.47 Å². The lowest BCUT2D eigenvalue weighted by Crippen LogP contribution is -2.09. The maximum Gasteiger partial charge on any atom is 0.416 e. The minimum Gasteiger partial charge on any atom is -0.166 e. The van der Waals surface area contributed by atoms with Gasteiger partial charge in [0.05, 0.1) is 5.56 Å². The molecular weight excluding hydrogens is 293 g/mol. The number of benzene rings is 1. The van der Waals surface area contributed by atoms with Gasteiger partial charge in [-0.25, -0.2) is 0 Å². The predicted molar refractivity (Wildman–Crippen MR) is 67.3 cm³/mol. The fraction of sp³-hybridized carbons (Fsp3) is 0.538. The largest absolute Gasteiger partial charge is 0.416 e. The molecule has 0 aliphatic rings. The minimum absolute atomic E-state index is 0.0594. The SMILES string of the molecule is CC(C)c1cc(C(F)(F)F)cc(C(C)C)c1Br. The van der Waals surface area contributed by atoms with Crippen LogP contribution in [0.1, 0.15) is 56.2 Å². The molecule has 96 valence electrons. The molecule has 1 rings (SSSR count). The lowest BCUT2D eigenvalue weighted by Gasteiger charge is -2.19. The van der Waals surface area contributed by atoms with Crippen molar-refractivity contribution in [2.24, 2.45) is 0 Å². The second-order valence-corrected chi connectivity index (χ2v) is 5.57. The Balaban J connectivity index is 3.48. The summed E-state index contributed by atoms with van der Waals surface area (Å²) < 4.78 is 39.2. The zero-order chi connectivity index (χ0) is 13.4. The zero-order valence-electron chi connectivity index (χ0n) is 10.3. The number of hydrogen-bond donors (Lipinski definition) is 0. The summed E-state index contributed by atoms with van der Waals surface area (Å²) >= 11 is 3.42. The van der Waals surface area contributed by atoms with Crippen molar-refractivity contribution >= 4 is 15.9 Å². The van der Waals surface area contributed by atoms with Crippen LogP contribution >= 0.6 is 15.9 Å². The Morgan fingerprint density at radius 1 is 0.941 bits per heavy atom. The van der Waals surface area contributed by atoms with Gasteiger partial charge in [-0.15, -0.1) is 0 Å². The Morgan fingerprint density at radius 3 is 1.53 bits per heavy atom. The molecule has 0 aliphatic heterocycles. The highest BCUT2D eigenvalue weighted by molar-refractivity contribution is 9.10. The van der Waals surface area contributed by atoms with Crippen LogP contribution in [0.4, 0.5) is 13.2 Å². The molecule has 0 bridgehead atoms. The Kier molecular flexibility index (Phi) is 4.28. The summed E-state index contributed by atoms with van der Waals surface area (Å²) in [5.74, 6) is 0.119. The molecule has 4 heteroatoms. The monoisotopic (exact) mass is 308 g/mol. The molecule has 0 aromatic heterocycles. The van der Waals surface area contributed by atoms with E-state index >= 15 is 0 Å². The van der Waals surface area contributed by atoms with Crippen LogP contribution in [0.3, 0.4) is 0 Å². The van der Waals surface area contributed by atoms with Gasteiger partial charge in [0.15, 0.2) is 0 Å². The maximum absolute atomic E-state index is 12.8. The Bertz CT molecular complexity index is 377. The van der Waals surface area contributed by atoms with Crippen molar-refractivity contribution in [2.75, 3.05) is 0 Å². The molecule has 17 heavy (non-hydrogen) atoms. The Hall–Kier alpha value is -0.510. The molecule has 0 amide bonds. The van der Waals surface area contributed by atoms with E-state index < -0.39 is 11.7 Å². The van der Waals surface area contributed by atoms with Gasteiger partial charge in [0.25, 0.3) is 0 Å². The maximum atomic E-state index is 12.8. The van der Waals surface area contributed by atoms with Gasteiger partial charge in [-0.05, 0) is 35.1 Å². The fourth-order valence-corrected chi connectivity index (χ4v) is 2.82. The van der Waals surface area contributed by atoms with E-state index in [0.717, 1.165) is 4.47 Å². The highest BCUT2D eigenvalue weighted by Crippen LogP contribution is 2.38. The Morgan fingerprint density at radius 2 is 1.29 bits per heavy atom. The smallest absolute Gasteiger partial charge is 0.166 e. The second kappa shape index (κ2) is 5.01. The normalized spacial score (nSPS) is 12.6. The highest BCUT2D eigenvalue weighted by Gasteiger charge is 2.32. The van der Waals surface area contributed by atoms with Crippen molar-refractivity contribution in [3.05, 3.63) is 33.3 Å². The van der Waals surface area contributed by atoms with Crippen LogP contribution in [0.2, 0.25) is 0 Å². The number of alkyl halides is 3. The summed E-state index contributed by atoms with van der Waals surface area (Å²) in [4.78, 5) is 0. The standard InChI is InChI=1S/C13H16BrF3/c1-7(2)10-5-9(13(15,16)17)6-11(8(3)4)12(10)14/h5-8H,1-4H3. The first-order valence-corrected chi connectivity index (χ1v) is 6.34. The summed E-state index contributed by atoms with van der Waals surface area (Å²) in [6.45, 7) is 7.57. The van der Waals surface area contributed by atoms with E-state index in [9.17, 15) is 13.2 Å². The van der Waals surface area contributed by atoms with Crippen molar-refractivity contribution in [3.8, 4) is 0 Å². The molecule has 0 saturated heterocycles. The van der Waals surface area contributed by atoms with Crippen LogP contribution in [0, 0.1) is 0 Å². The van der Waals surface area contributed by atoms with Crippen molar-refractivity contribution < 1.29 is 13.2 Å². The van der Waals surface area contributed by atoms with Gasteiger partial charge in [0.1, 0.15) is 0 Å². The van der Waals surface area contributed by atoms with Gasteiger partial charge in [-0.3, -0.25) is 0 Å². The third kappa shape index (κ3) is 3.24. The van der Waals surface area contributed by atoms with Crippen LogP contribution in [0.5, 0.6) is 0 Å². The van der Waals surface area contributed by atoms with E-state index in [1.165, 1.54) is 12.1 Å². The van der Waals surface area contributed by atoms with Gasteiger partial charge in [-0.1, -0.05) is 43.6 Å². The second-order valence-electron chi connectivity index (χ2n) is 4.78. The summed E-state index contributed by atoms with van der Waals surface area (Å²) in [6.07, 6.45) is -4.28. The van der Waals surface area contributed by atoms with Gasteiger partial charge >= 0.3 is 6.18 Å². The first-order chi connectivity index (χ1) is 7.64. The number of halogens is 4. The van der Waals surface area contributed by atoms with Crippen LogP contribution in [0.15, 0.2) is 16.6 Å². The zero-order valence-corrected chi connectivity index (χ0v) is 11.9. The topological polar surface area (TPSA) is 0 Å². The van der Waals surface area contributed by atoms with E-state index in [-0.39, 0.29) is 11.8 Å². The molecule has 0 aliphatic carbocycles. The van der Waals surface area contributed by atoms with Gasteiger partial charge in [0.2, 0.25) is 0 Å². The molecule has 0 heterocycles. The molecule has 0 saturated carbocycles. The summed E-state index contributed by atoms with van der Waals surface area (Å²) in [6, 6.07) is 2.47. The first-order valence-electron chi connectivity index (χ1n) is 5.55. The van der Waals surface area contributed by atoms with E-state index in [4.69, 9.17) is 0 Å². The average Bonchev–Trinajstić information content (AvgIpc) is 2.14. The van der Waals surface area contributed by atoms with Crippen LogP contribution in [0.25, 0.3) is 0 Å². The van der Waals surface area contributed by atoms with Gasteiger partial charge in [-0.2, -0.15) is 13.2 Å². The molecule has 0 radical (unpaired) electrons. The number of rotatable bonds is 2. The van der Waals surface area contributed by atoms with E-state index in [2.05, 4.69) is 15.9 Å². The minimum atomic E-state index is -4.28. The number of hydrogen-bond acceptors (Lipinski definition) is 0. The quantitative estimate of drug-likeness (QED) is 0.656. The molecule has 0 N–H and O–H groups in total. The Labute approximate surface area is 108 Å². The predicted octanol–water partition coefficient (Wildman–Crippen LogP) is 5.71. The van der Waals surface area contributed by atoms with E-state index in [1.807, 2.05) is 27.7 Å². The van der Waals surface area contributed by atoms with Crippen LogP contribution < -0.4 is 0 Å². The molecule has 0 fully saturated rings. The molecule has 0 spiro atoms. The van der Waals surface area contributed by atoms with Crippen molar-refractivity contribution in [1.29, 1.82) is 0 Å². The van der Waals surface area contributed by atoms with E-state index in [1.54, 1.807) is 0 Å². The summed E-state index contributed by atoms with van der Waals surface area (Å²) in [5, 5.41) is 0. The lowest BCUT2D eigenvalue weighted by molar-refractivity contribution is -0.137. The molecule has 1 aromatic rings. The first kappa shape index (κ1) is 14.6. The summed E-state index contributed by atoms with van der Waals surface area (Å²) in [7, 11) is 0.